The Morgan fingerprint density at radius 1 is 1.15 bits per heavy atom. The maximum absolute atomic E-state index is 12.4. The third-order valence-electron chi connectivity index (χ3n) is 5.54. The highest BCUT2D eigenvalue weighted by Crippen LogP contribution is 2.28. The summed E-state index contributed by atoms with van der Waals surface area (Å²) in [6.07, 6.45) is 3.98. The van der Waals surface area contributed by atoms with E-state index in [1.807, 2.05) is 19.1 Å². The molecule has 4 amide bonds. The monoisotopic (exact) mass is 356 g/mol. The van der Waals surface area contributed by atoms with E-state index in [0.29, 0.717) is 13.0 Å². The lowest BCUT2D eigenvalue weighted by Gasteiger charge is -2.20. The number of urea groups is 1. The summed E-state index contributed by atoms with van der Waals surface area (Å²) in [5.74, 6) is -0.589. The Hall–Kier alpha value is -2.57. The molecule has 7 heteroatoms. The smallest absolute Gasteiger partial charge is 0.327 e. The average Bonchev–Trinajstić information content (AvgIpc) is 3.34. The van der Waals surface area contributed by atoms with Gasteiger partial charge in [0.25, 0.3) is 5.91 Å². The summed E-state index contributed by atoms with van der Waals surface area (Å²) in [5.41, 5.74) is 2.86. The highest BCUT2D eigenvalue weighted by Gasteiger charge is 2.47. The van der Waals surface area contributed by atoms with Crippen LogP contribution in [0.5, 0.6) is 0 Å². The second-order valence-corrected chi connectivity index (χ2v) is 7.30. The van der Waals surface area contributed by atoms with Gasteiger partial charge in [0.1, 0.15) is 12.6 Å². The van der Waals surface area contributed by atoms with Gasteiger partial charge in [-0.15, -0.1) is 0 Å². The van der Waals surface area contributed by atoms with E-state index in [0.717, 1.165) is 35.7 Å². The number of anilines is 2. The van der Waals surface area contributed by atoms with Gasteiger partial charge in [-0.1, -0.05) is 0 Å². The van der Waals surface area contributed by atoms with Crippen LogP contribution in [0.2, 0.25) is 0 Å². The Bertz CT molecular complexity index is 735. The molecule has 0 spiro atoms. The minimum absolute atomic E-state index is 0.224. The molecule has 3 saturated heterocycles. The lowest BCUT2D eigenvalue weighted by molar-refractivity contribution is -0.131. The van der Waals surface area contributed by atoms with Gasteiger partial charge in [0.2, 0.25) is 5.91 Å². The third kappa shape index (κ3) is 2.91. The van der Waals surface area contributed by atoms with Crippen LogP contribution >= 0.6 is 0 Å². The summed E-state index contributed by atoms with van der Waals surface area (Å²) < 4.78 is 0. The van der Waals surface area contributed by atoms with Gasteiger partial charge in [-0.05, 0) is 56.4 Å². The molecule has 0 radical (unpaired) electrons. The second kappa shape index (κ2) is 6.63. The zero-order valence-corrected chi connectivity index (χ0v) is 15.0. The number of fused-ring (bicyclic) bond motifs is 1. The zero-order valence-electron chi connectivity index (χ0n) is 15.0. The molecule has 0 aromatic heterocycles. The molecule has 1 aromatic rings. The topological polar surface area (TPSA) is 73.0 Å². The van der Waals surface area contributed by atoms with Crippen LogP contribution in [0.3, 0.4) is 0 Å². The maximum atomic E-state index is 12.4. The van der Waals surface area contributed by atoms with Crippen LogP contribution < -0.4 is 10.2 Å². The fourth-order valence-electron chi connectivity index (χ4n) is 4.12. The lowest BCUT2D eigenvalue weighted by atomic mass is 10.1. The molecule has 1 atom stereocenters. The molecule has 1 N–H and O–H groups in total. The SMILES string of the molecule is Cc1cc(N2CCCC2)ccc1NC(=O)CN1C(=O)[C@@H]2CCCN2C1=O. The van der Waals surface area contributed by atoms with Crippen molar-refractivity contribution < 1.29 is 14.4 Å². The number of benzene rings is 1. The van der Waals surface area contributed by atoms with Crippen LogP contribution in [0.1, 0.15) is 31.2 Å². The highest BCUT2D eigenvalue weighted by molar-refractivity contribution is 6.08. The van der Waals surface area contributed by atoms with E-state index >= 15 is 0 Å². The van der Waals surface area contributed by atoms with Crippen molar-refractivity contribution in [3.05, 3.63) is 23.8 Å². The van der Waals surface area contributed by atoms with Crippen LogP contribution in [0.4, 0.5) is 16.2 Å². The molecule has 0 bridgehead atoms. The number of imide groups is 1. The van der Waals surface area contributed by atoms with Crippen LogP contribution in [0.25, 0.3) is 0 Å². The van der Waals surface area contributed by atoms with E-state index in [4.69, 9.17) is 0 Å². The van der Waals surface area contributed by atoms with Crippen molar-refractivity contribution in [3.8, 4) is 0 Å². The van der Waals surface area contributed by atoms with Gasteiger partial charge in [0.15, 0.2) is 0 Å². The van der Waals surface area contributed by atoms with Crippen LogP contribution in [-0.4, -0.2) is 59.9 Å². The van der Waals surface area contributed by atoms with E-state index < -0.39 is 0 Å². The molecule has 26 heavy (non-hydrogen) atoms. The third-order valence-corrected chi connectivity index (χ3v) is 5.54. The first-order chi connectivity index (χ1) is 12.5. The largest absolute Gasteiger partial charge is 0.372 e. The number of carbonyl (C=O) groups excluding carboxylic acids is 3. The number of amides is 4. The number of hydrogen-bond acceptors (Lipinski definition) is 4. The van der Waals surface area contributed by atoms with Gasteiger partial charge in [-0.3, -0.25) is 14.5 Å². The van der Waals surface area contributed by atoms with Gasteiger partial charge in [0, 0.05) is 31.0 Å². The van der Waals surface area contributed by atoms with Crippen molar-refractivity contribution in [2.75, 3.05) is 36.4 Å². The Morgan fingerprint density at radius 3 is 2.62 bits per heavy atom. The quantitative estimate of drug-likeness (QED) is 0.837. The van der Waals surface area contributed by atoms with Gasteiger partial charge in [-0.2, -0.15) is 0 Å². The second-order valence-electron chi connectivity index (χ2n) is 7.30. The summed E-state index contributed by atoms with van der Waals surface area (Å²) in [6.45, 7) is 4.48. The fraction of sp³-hybridized carbons (Fsp3) is 0.526. The van der Waals surface area contributed by atoms with E-state index in [2.05, 4.69) is 16.3 Å². The molecule has 3 fully saturated rings. The predicted molar refractivity (Wildman–Crippen MR) is 98.1 cm³/mol. The highest BCUT2D eigenvalue weighted by atomic mass is 16.2. The first-order valence-corrected chi connectivity index (χ1v) is 9.32. The molecule has 4 rings (SSSR count). The molecule has 3 aliphatic rings. The summed E-state index contributed by atoms with van der Waals surface area (Å²) >= 11 is 0. The van der Waals surface area contributed by atoms with Crippen molar-refractivity contribution in [1.82, 2.24) is 9.80 Å². The molecule has 3 aliphatic heterocycles. The van der Waals surface area contributed by atoms with Crippen molar-refractivity contribution in [1.29, 1.82) is 0 Å². The molecule has 138 valence electrons. The maximum Gasteiger partial charge on any atom is 0.327 e. The first kappa shape index (κ1) is 16.9. The summed E-state index contributed by atoms with van der Waals surface area (Å²) in [4.78, 5) is 42.0. The van der Waals surface area contributed by atoms with Gasteiger partial charge < -0.3 is 15.1 Å². The van der Waals surface area contributed by atoms with E-state index in [1.165, 1.54) is 18.5 Å². The Kier molecular flexibility index (Phi) is 4.30. The van der Waals surface area contributed by atoms with Crippen molar-refractivity contribution in [2.24, 2.45) is 0 Å². The normalized spacial score (nSPS) is 22.3. The standard InChI is InChI=1S/C19H24N4O3/c1-13-11-14(21-8-2-3-9-21)6-7-15(13)20-17(24)12-23-18(25)16-5-4-10-22(16)19(23)26/h6-7,11,16H,2-5,8-10,12H2,1H3,(H,20,24)/t16-/m0/s1. The van der Waals surface area contributed by atoms with Crippen molar-refractivity contribution in [2.45, 2.75) is 38.6 Å². The number of aryl methyl sites for hydroxylation is 1. The number of rotatable bonds is 4. The van der Waals surface area contributed by atoms with Crippen LogP contribution in [-0.2, 0) is 9.59 Å². The summed E-state index contributed by atoms with van der Waals surface area (Å²) in [5, 5.41) is 2.84. The van der Waals surface area contributed by atoms with Crippen LogP contribution in [0.15, 0.2) is 18.2 Å². The minimum atomic E-state index is -0.364. The predicted octanol–water partition coefficient (Wildman–Crippen LogP) is 1.96. The molecule has 0 unspecified atom stereocenters. The Balaban J connectivity index is 1.40. The van der Waals surface area contributed by atoms with Gasteiger partial charge in [-0.25, -0.2) is 4.79 Å². The van der Waals surface area contributed by atoms with Crippen molar-refractivity contribution >= 4 is 29.2 Å². The van der Waals surface area contributed by atoms with E-state index in [1.54, 1.807) is 4.90 Å². The molecule has 7 nitrogen and oxygen atoms in total. The first-order valence-electron chi connectivity index (χ1n) is 9.32. The summed E-state index contributed by atoms with van der Waals surface area (Å²) in [6, 6.07) is 5.28. The number of nitrogens with zero attached hydrogens (tertiary/aromatic N) is 3. The van der Waals surface area contributed by atoms with Gasteiger partial charge in [0.05, 0.1) is 0 Å². The van der Waals surface area contributed by atoms with Crippen LogP contribution in [0, 0.1) is 6.92 Å². The van der Waals surface area contributed by atoms with Crippen molar-refractivity contribution in [3.63, 3.8) is 0 Å². The average molecular weight is 356 g/mol. The van der Waals surface area contributed by atoms with E-state index in [-0.39, 0.29) is 30.4 Å². The Morgan fingerprint density at radius 2 is 1.92 bits per heavy atom. The zero-order chi connectivity index (χ0) is 18.3. The van der Waals surface area contributed by atoms with E-state index in [9.17, 15) is 14.4 Å². The molecular formula is C19H24N4O3. The summed E-state index contributed by atoms with van der Waals surface area (Å²) in [7, 11) is 0. The number of hydrogen-bond donors (Lipinski definition) is 1. The number of carbonyl (C=O) groups is 3. The van der Waals surface area contributed by atoms with Gasteiger partial charge >= 0.3 is 6.03 Å². The molecule has 3 heterocycles. The molecule has 0 aliphatic carbocycles. The Labute approximate surface area is 152 Å². The molecule has 0 saturated carbocycles. The molecule has 1 aromatic carbocycles. The number of nitrogens with one attached hydrogen (secondary N) is 1. The fourth-order valence-corrected chi connectivity index (χ4v) is 4.12. The minimum Gasteiger partial charge on any atom is -0.372 e. The lowest BCUT2D eigenvalue weighted by Crippen LogP contribution is -2.39. The molecular weight excluding hydrogens is 332 g/mol.